The average Bonchev–Trinajstić information content (AvgIpc) is 2.18. The largest absolute Gasteiger partial charge is 0.511 e. The second-order valence-electron chi connectivity index (χ2n) is 4.23. The van der Waals surface area contributed by atoms with Gasteiger partial charge in [-0.1, -0.05) is 0 Å². The molecular weight excluding hydrogens is 295 g/mol. The molecule has 0 aliphatic carbocycles. The van der Waals surface area contributed by atoms with E-state index in [-0.39, 0.29) is 30.4 Å². The van der Waals surface area contributed by atoms with Gasteiger partial charge in [-0.25, -0.2) is 21.6 Å². The predicted molar refractivity (Wildman–Crippen MR) is 59.0 cm³/mol. The lowest BCUT2D eigenvalue weighted by atomic mass is 9.99. The van der Waals surface area contributed by atoms with Crippen LogP contribution in [-0.4, -0.2) is 40.4 Å². The van der Waals surface area contributed by atoms with Crippen LogP contribution in [-0.2, 0) is 19.9 Å². The van der Waals surface area contributed by atoms with Crippen molar-refractivity contribution in [3.63, 3.8) is 0 Å². The molecule has 0 aromatic rings. The number of sulfone groups is 1. The Morgan fingerprint density at radius 3 is 2.11 bits per heavy atom. The van der Waals surface area contributed by atoms with E-state index in [0.29, 0.717) is 12.8 Å². The molecule has 0 bridgehead atoms. The highest BCUT2D eigenvalue weighted by Gasteiger charge is 2.45. The SMILES string of the molecule is O=S1(=O)CCC(CCNS(=O)(=O)C(F)(F)F)CC1. The molecule has 1 rings (SSSR count). The molecule has 0 aromatic carbocycles. The Kier molecular flexibility index (Phi) is 4.65. The van der Waals surface area contributed by atoms with Crippen LogP contribution in [0.1, 0.15) is 19.3 Å². The minimum Gasteiger partial charge on any atom is -0.229 e. The second kappa shape index (κ2) is 5.33. The van der Waals surface area contributed by atoms with Gasteiger partial charge in [-0.15, -0.1) is 0 Å². The molecule has 1 N–H and O–H groups in total. The molecule has 1 saturated heterocycles. The van der Waals surface area contributed by atoms with E-state index >= 15 is 0 Å². The van der Waals surface area contributed by atoms with Crippen molar-refractivity contribution in [1.29, 1.82) is 0 Å². The summed E-state index contributed by atoms with van der Waals surface area (Å²) in [6.07, 6.45) is 0.955. The third-order valence-electron chi connectivity index (χ3n) is 2.82. The molecule has 0 radical (unpaired) electrons. The molecule has 1 fully saturated rings. The molecule has 10 heteroatoms. The Hall–Kier alpha value is -0.350. The van der Waals surface area contributed by atoms with E-state index in [4.69, 9.17) is 0 Å². The van der Waals surface area contributed by atoms with Crippen LogP contribution in [0.25, 0.3) is 0 Å². The maximum atomic E-state index is 12.0. The molecule has 0 unspecified atom stereocenters. The zero-order chi connectivity index (χ0) is 14.0. The Morgan fingerprint density at radius 1 is 1.17 bits per heavy atom. The van der Waals surface area contributed by atoms with Gasteiger partial charge in [0.05, 0.1) is 11.5 Å². The molecule has 18 heavy (non-hydrogen) atoms. The summed E-state index contributed by atoms with van der Waals surface area (Å²) in [5.74, 6) is -0.0163. The van der Waals surface area contributed by atoms with Crippen LogP contribution in [0.5, 0.6) is 0 Å². The minimum absolute atomic E-state index is 0.0175. The Morgan fingerprint density at radius 2 is 1.67 bits per heavy atom. The summed E-state index contributed by atoms with van der Waals surface area (Å²) in [7, 11) is -8.30. The molecule has 0 aromatic heterocycles. The first-order valence-electron chi connectivity index (χ1n) is 5.30. The molecule has 0 spiro atoms. The zero-order valence-corrected chi connectivity index (χ0v) is 11.0. The summed E-state index contributed by atoms with van der Waals surface area (Å²) in [5.41, 5.74) is -5.30. The van der Waals surface area contributed by atoms with Gasteiger partial charge in [-0.2, -0.15) is 13.2 Å². The smallest absolute Gasteiger partial charge is 0.229 e. The number of hydrogen-bond acceptors (Lipinski definition) is 4. The zero-order valence-electron chi connectivity index (χ0n) is 9.40. The number of halogens is 3. The van der Waals surface area contributed by atoms with Gasteiger partial charge in [0.1, 0.15) is 9.84 Å². The molecule has 5 nitrogen and oxygen atoms in total. The summed E-state index contributed by atoms with van der Waals surface area (Å²) in [4.78, 5) is 0. The minimum atomic E-state index is -5.30. The molecular formula is C8H14F3NO4S2. The van der Waals surface area contributed by atoms with E-state index in [1.807, 2.05) is 0 Å². The summed E-state index contributed by atoms with van der Waals surface area (Å²) < 4.78 is 80.9. The summed E-state index contributed by atoms with van der Waals surface area (Å²) in [6, 6.07) is 0. The highest BCUT2D eigenvalue weighted by Crippen LogP contribution is 2.23. The van der Waals surface area contributed by atoms with Crippen LogP contribution in [0.3, 0.4) is 0 Å². The van der Waals surface area contributed by atoms with Gasteiger partial charge in [0.2, 0.25) is 0 Å². The van der Waals surface area contributed by atoms with Crippen molar-refractivity contribution in [3.05, 3.63) is 0 Å². The number of sulfonamides is 1. The third kappa shape index (κ3) is 4.39. The number of alkyl halides is 3. The van der Waals surface area contributed by atoms with Gasteiger partial charge >= 0.3 is 15.5 Å². The van der Waals surface area contributed by atoms with Crippen LogP contribution in [0.15, 0.2) is 0 Å². The van der Waals surface area contributed by atoms with E-state index in [2.05, 4.69) is 0 Å². The fourth-order valence-corrected chi connectivity index (χ4v) is 3.85. The second-order valence-corrected chi connectivity index (χ2v) is 8.29. The lowest BCUT2D eigenvalue weighted by Crippen LogP contribution is -2.37. The Labute approximate surface area is 104 Å². The lowest BCUT2D eigenvalue weighted by Gasteiger charge is -2.21. The van der Waals surface area contributed by atoms with Gasteiger partial charge < -0.3 is 0 Å². The van der Waals surface area contributed by atoms with E-state index in [0.717, 1.165) is 0 Å². The normalized spacial score (nSPS) is 21.9. The van der Waals surface area contributed by atoms with Crippen molar-refractivity contribution >= 4 is 19.9 Å². The van der Waals surface area contributed by atoms with Crippen LogP contribution in [0, 0.1) is 5.92 Å². The molecule has 0 atom stereocenters. The Bertz CT molecular complexity index is 469. The van der Waals surface area contributed by atoms with Gasteiger partial charge in [-0.05, 0) is 25.2 Å². The molecule has 1 aliphatic heterocycles. The van der Waals surface area contributed by atoms with Crippen LogP contribution in [0.4, 0.5) is 13.2 Å². The van der Waals surface area contributed by atoms with Gasteiger partial charge in [0, 0.05) is 6.54 Å². The molecule has 1 heterocycles. The summed E-state index contributed by atoms with van der Waals surface area (Å²) in [5, 5.41) is 0. The maximum absolute atomic E-state index is 12.0. The fourth-order valence-electron chi connectivity index (χ4n) is 1.71. The van der Waals surface area contributed by atoms with Crippen molar-refractivity contribution in [2.75, 3.05) is 18.1 Å². The molecule has 108 valence electrons. The average molecular weight is 309 g/mol. The summed E-state index contributed by atoms with van der Waals surface area (Å²) in [6.45, 7) is -0.327. The van der Waals surface area contributed by atoms with Gasteiger partial charge in [-0.3, -0.25) is 0 Å². The molecule has 1 aliphatic rings. The highest BCUT2D eigenvalue weighted by molar-refractivity contribution is 7.91. The van der Waals surface area contributed by atoms with E-state index < -0.39 is 25.4 Å². The summed E-state index contributed by atoms with van der Waals surface area (Å²) >= 11 is 0. The first-order chi connectivity index (χ1) is 8.04. The molecule has 0 saturated carbocycles. The monoisotopic (exact) mass is 309 g/mol. The Balaban J connectivity index is 2.36. The van der Waals surface area contributed by atoms with E-state index in [1.165, 1.54) is 4.72 Å². The van der Waals surface area contributed by atoms with E-state index in [1.54, 1.807) is 0 Å². The number of nitrogens with one attached hydrogen (secondary N) is 1. The van der Waals surface area contributed by atoms with Crippen molar-refractivity contribution in [3.8, 4) is 0 Å². The van der Waals surface area contributed by atoms with Gasteiger partial charge in [0.15, 0.2) is 0 Å². The predicted octanol–water partition coefficient (Wildman–Crippen LogP) is 0.641. The lowest BCUT2D eigenvalue weighted by molar-refractivity contribution is -0.0447. The van der Waals surface area contributed by atoms with Crippen molar-refractivity contribution in [1.82, 2.24) is 4.72 Å². The number of hydrogen-bond donors (Lipinski definition) is 1. The van der Waals surface area contributed by atoms with Crippen molar-refractivity contribution in [2.45, 2.75) is 24.8 Å². The first kappa shape index (κ1) is 15.7. The molecule has 0 amide bonds. The first-order valence-corrected chi connectivity index (χ1v) is 8.60. The third-order valence-corrected chi connectivity index (χ3v) is 5.73. The van der Waals surface area contributed by atoms with Crippen LogP contribution >= 0.6 is 0 Å². The van der Waals surface area contributed by atoms with Crippen LogP contribution in [0.2, 0.25) is 0 Å². The van der Waals surface area contributed by atoms with E-state index in [9.17, 15) is 30.0 Å². The highest BCUT2D eigenvalue weighted by atomic mass is 32.2. The number of rotatable bonds is 4. The van der Waals surface area contributed by atoms with Crippen molar-refractivity contribution < 1.29 is 30.0 Å². The van der Waals surface area contributed by atoms with Crippen molar-refractivity contribution in [2.24, 2.45) is 5.92 Å². The topological polar surface area (TPSA) is 80.3 Å². The fraction of sp³-hybridized carbons (Fsp3) is 1.00. The standard InChI is InChI=1S/C8H14F3NO4S2/c9-8(10,11)18(15,16)12-4-1-7-2-5-17(13,14)6-3-7/h7,12H,1-6H2. The van der Waals surface area contributed by atoms with Crippen LogP contribution < -0.4 is 4.72 Å². The quantitative estimate of drug-likeness (QED) is 0.826. The maximum Gasteiger partial charge on any atom is 0.511 e. The van der Waals surface area contributed by atoms with Gasteiger partial charge in [0.25, 0.3) is 0 Å².